The predicted octanol–water partition coefficient (Wildman–Crippen LogP) is 9.15. The summed E-state index contributed by atoms with van der Waals surface area (Å²) in [6.45, 7) is 9.40. The van der Waals surface area contributed by atoms with Gasteiger partial charge >= 0.3 is 0 Å². The Hall–Kier alpha value is -3.47. The highest BCUT2D eigenvalue weighted by Crippen LogP contribution is 2.34. The van der Waals surface area contributed by atoms with Gasteiger partial charge in [-0.25, -0.2) is 0 Å². The minimum absolute atomic E-state index is 0.0183. The van der Waals surface area contributed by atoms with Crippen LogP contribution in [0.4, 0.5) is 0 Å². The van der Waals surface area contributed by atoms with Crippen LogP contribution in [0.2, 0.25) is 10.0 Å². The van der Waals surface area contributed by atoms with E-state index in [9.17, 15) is 4.79 Å². The van der Waals surface area contributed by atoms with Crippen molar-refractivity contribution in [3.8, 4) is 22.6 Å². The van der Waals surface area contributed by atoms with Gasteiger partial charge in [-0.05, 0) is 102 Å². The van der Waals surface area contributed by atoms with Crippen molar-refractivity contribution in [2.24, 2.45) is 0 Å². The lowest BCUT2D eigenvalue weighted by molar-refractivity contribution is -0.118. The topological polar surface area (TPSA) is 47.6 Å². The van der Waals surface area contributed by atoms with Crippen LogP contribution >= 0.6 is 23.2 Å². The van der Waals surface area contributed by atoms with Crippen molar-refractivity contribution in [3.63, 3.8) is 0 Å². The molecule has 0 bridgehead atoms. The van der Waals surface area contributed by atoms with Gasteiger partial charge in [0.1, 0.15) is 19.0 Å². The molecule has 1 amide bonds. The average molecular weight is 605 g/mol. The Kier molecular flexibility index (Phi) is 11.3. The van der Waals surface area contributed by atoms with Crippen LogP contribution in [-0.2, 0) is 17.6 Å². The molecule has 0 heterocycles. The molecule has 220 valence electrons. The smallest absolute Gasteiger partial charge is 0.216 e. The van der Waals surface area contributed by atoms with Crippen LogP contribution in [0.5, 0.6) is 11.5 Å². The number of carbonyl (C=O) groups excluding carboxylic acids is 1. The summed E-state index contributed by atoms with van der Waals surface area (Å²) in [5, 5.41) is 3.90. The van der Waals surface area contributed by atoms with Gasteiger partial charge in [-0.2, -0.15) is 0 Å². The first kappa shape index (κ1) is 31.5. The second-order valence-electron chi connectivity index (χ2n) is 10.8. The summed E-state index contributed by atoms with van der Waals surface area (Å²) in [4.78, 5) is 11.2. The summed E-state index contributed by atoms with van der Waals surface area (Å²) in [7, 11) is 0. The third-order valence-electron chi connectivity index (χ3n) is 7.33. The van der Waals surface area contributed by atoms with Crippen molar-refractivity contribution >= 4 is 29.1 Å². The van der Waals surface area contributed by atoms with E-state index >= 15 is 0 Å². The van der Waals surface area contributed by atoms with Gasteiger partial charge in [0.2, 0.25) is 5.91 Å². The van der Waals surface area contributed by atoms with E-state index in [1.807, 2.05) is 31.2 Å². The van der Waals surface area contributed by atoms with E-state index in [1.165, 1.54) is 33.4 Å². The van der Waals surface area contributed by atoms with Crippen LogP contribution in [0.15, 0.2) is 78.9 Å². The van der Waals surface area contributed by atoms with E-state index in [2.05, 4.69) is 73.8 Å². The van der Waals surface area contributed by atoms with E-state index in [0.29, 0.717) is 41.5 Å². The Bertz CT molecular complexity index is 1480. The summed E-state index contributed by atoms with van der Waals surface area (Å²) >= 11 is 12.5. The third-order valence-corrected chi connectivity index (χ3v) is 7.89. The molecule has 6 heteroatoms. The molecule has 0 saturated heterocycles. The summed E-state index contributed by atoms with van der Waals surface area (Å²) < 4.78 is 11.6. The van der Waals surface area contributed by atoms with E-state index in [1.54, 1.807) is 6.92 Å². The molecule has 1 unspecified atom stereocenters. The molecule has 4 aromatic carbocycles. The number of rotatable bonds is 13. The van der Waals surface area contributed by atoms with Crippen molar-refractivity contribution < 1.29 is 14.3 Å². The highest BCUT2D eigenvalue weighted by molar-refractivity contribution is 6.37. The Labute approximate surface area is 260 Å². The van der Waals surface area contributed by atoms with Gasteiger partial charge in [0.15, 0.2) is 5.75 Å². The van der Waals surface area contributed by atoms with E-state index < -0.39 is 0 Å². The van der Waals surface area contributed by atoms with Crippen molar-refractivity contribution in [1.29, 1.82) is 0 Å². The first-order chi connectivity index (χ1) is 20.2. The summed E-state index contributed by atoms with van der Waals surface area (Å²) in [6.07, 6.45) is 2.78. The molecule has 1 N–H and O–H groups in total. The van der Waals surface area contributed by atoms with E-state index in [-0.39, 0.29) is 5.91 Å². The molecule has 0 aromatic heterocycles. The first-order valence-corrected chi connectivity index (χ1v) is 15.2. The number of hydrogen-bond donors (Lipinski definition) is 1. The van der Waals surface area contributed by atoms with E-state index in [0.717, 1.165) is 30.6 Å². The van der Waals surface area contributed by atoms with Gasteiger partial charge in [0, 0.05) is 13.5 Å². The Balaban J connectivity index is 1.31. The van der Waals surface area contributed by atoms with Crippen molar-refractivity contribution in [2.45, 2.75) is 52.9 Å². The molecule has 0 saturated carbocycles. The minimum Gasteiger partial charge on any atom is -0.490 e. The zero-order valence-electron chi connectivity index (χ0n) is 24.8. The molecule has 0 aliphatic heterocycles. The van der Waals surface area contributed by atoms with Gasteiger partial charge in [-0.1, -0.05) is 84.7 Å². The average Bonchev–Trinajstić information content (AvgIpc) is 2.95. The van der Waals surface area contributed by atoms with Crippen molar-refractivity contribution in [2.75, 3.05) is 19.8 Å². The zero-order chi connectivity index (χ0) is 30.1. The zero-order valence-corrected chi connectivity index (χ0v) is 26.3. The number of aryl methyl sites for hydroxylation is 3. The number of carbonyl (C=O) groups is 1. The lowest BCUT2D eigenvalue weighted by Crippen LogP contribution is -2.21. The number of benzene rings is 4. The molecule has 0 spiro atoms. The second kappa shape index (κ2) is 15.1. The van der Waals surface area contributed by atoms with Crippen LogP contribution in [0.1, 0.15) is 54.0 Å². The molecular formula is C36H39Cl2NO3. The van der Waals surface area contributed by atoms with Crippen molar-refractivity contribution in [3.05, 3.63) is 117 Å². The van der Waals surface area contributed by atoms with Gasteiger partial charge in [0.25, 0.3) is 0 Å². The van der Waals surface area contributed by atoms with Crippen LogP contribution < -0.4 is 14.8 Å². The number of nitrogens with one attached hydrogen (secondary N) is 1. The van der Waals surface area contributed by atoms with Gasteiger partial charge in [-0.3, -0.25) is 4.79 Å². The Morgan fingerprint density at radius 3 is 2.26 bits per heavy atom. The van der Waals surface area contributed by atoms with Gasteiger partial charge in [-0.15, -0.1) is 0 Å². The fourth-order valence-electron chi connectivity index (χ4n) is 5.27. The highest BCUT2D eigenvalue weighted by Gasteiger charge is 2.13. The third kappa shape index (κ3) is 8.77. The van der Waals surface area contributed by atoms with Crippen LogP contribution in [0, 0.1) is 13.8 Å². The molecule has 0 radical (unpaired) electrons. The summed E-state index contributed by atoms with van der Waals surface area (Å²) in [5.41, 5.74) is 8.69. The SMILES string of the molecule is CC(=O)NCCCc1ccccc1-c1ccc(C(C)Cc2ccc(OCCOc3c(Cl)cc(C)cc3Cl)cc2)c(C)c1. The van der Waals surface area contributed by atoms with Crippen LogP contribution in [-0.4, -0.2) is 25.7 Å². The summed E-state index contributed by atoms with van der Waals surface area (Å²) in [6, 6.07) is 27.3. The molecular weight excluding hydrogens is 565 g/mol. The molecule has 0 aliphatic rings. The predicted molar refractivity (Wildman–Crippen MR) is 174 cm³/mol. The number of ether oxygens (including phenoxy) is 2. The molecule has 42 heavy (non-hydrogen) atoms. The fourth-order valence-corrected chi connectivity index (χ4v) is 5.98. The summed E-state index contributed by atoms with van der Waals surface area (Å²) in [5.74, 6) is 1.68. The highest BCUT2D eigenvalue weighted by atomic mass is 35.5. The maximum absolute atomic E-state index is 11.2. The number of halogens is 2. The standard InChI is InChI=1S/C36H39Cl2NO3/c1-24-20-34(37)36(35(38)21-24)42-19-18-41-31-14-11-28(12-15-31)22-25(2)32-16-13-30(23-26(32)3)33-10-6-5-8-29(33)9-7-17-39-27(4)40/h5-6,8,10-16,20-21,23,25H,7,9,17-19,22H2,1-4H3,(H,39,40). The normalized spacial score (nSPS) is 11.7. The first-order valence-electron chi connectivity index (χ1n) is 14.4. The van der Waals surface area contributed by atoms with Gasteiger partial charge < -0.3 is 14.8 Å². The Morgan fingerprint density at radius 2 is 1.57 bits per heavy atom. The molecule has 0 fully saturated rings. The van der Waals surface area contributed by atoms with Gasteiger partial charge in [0.05, 0.1) is 10.0 Å². The number of hydrogen-bond acceptors (Lipinski definition) is 3. The van der Waals surface area contributed by atoms with Crippen LogP contribution in [0.25, 0.3) is 11.1 Å². The lowest BCUT2D eigenvalue weighted by atomic mass is 9.88. The minimum atomic E-state index is 0.0183. The quantitative estimate of drug-likeness (QED) is 0.155. The molecule has 0 aliphatic carbocycles. The molecule has 4 aromatic rings. The fraction of sp³-hybridized carbons (Fsp3) is 0.306. The largest absolute Gasteiger partial charge is 0.490 e. The second-order valence-corrected chi connectivity index (χ2v) is 11.6. The molecule has 4 nitrogen and oxygen atoms in total. The van der Waals surface area contributed by atoms with Crippen LogP contribution in [0.3, 0.4) is 0 Å². The maximum Gasteiger partial charge on any atom is 0.216 e. The number of amides is 1. The Morgan fingerprint density at radius 1 is 0.881 bits per heavy atom. The lowest BCUT2D eigenvalue weighted by Gasteiger charge is -2.18. The molecule has 1 atom stereocenters. The van der Waals surface area contributed by atoms with Crippen molar-refractivity contribution in [1.82, 2.24) is 5.32 Å². The maximum atomic E-state index is 11.2. The molecule has 4 rings (SSSR count). The monoisotopic (exact) mass is 603 g/mol. The van der Waals surface area contributed by atoms with E-state index in [4.69, 9.17) is 32.7 Å².